The molecule has 0 saturated carbocycles. The molecular weight excluding hydrogens is 420 g/mol. The summed E-state index contributed by atoms with van der Waals surface area (Å²) in [6.45, 7) is 3.40. The molecule has 0 saturated heterocycles. The van der Waals surface area contributed by atoms with E-state index in [2.05, 4.69) is 21.8 Å². The number of aryl methyl sites for hydroxylation is 1. The number of carbonyl (C=O) groups is 1. The lowest BCUT2D eigenvalue weighted by Gasteiger charge is -2.13. The minimum atomic E-state index is -5.02. The largest absolute Gasteiger partial charge is 0.478 e. The molecule has 0 atom stereocenters. The number of aromatic nitrogens is 5. The molecule has 2 aromatic heterocycles. The zero-order valence-electron chi connectivity index (χ0n) is 15.0. The highest BCUT2D eigenvalue weighted by Gasteiger charge is 2.37. The molecule has 7 nitrogen and oxygen atoms in total. The standard InChI is InChI=1S/C17H11F6N5O2/c1-8(15(29)30)12-6-27(2)26-14(12)28-7-24-13(25-28)9-3-10(16(18,19)20)5-11(4-9)17(21,22)23/h3-7H,1H2,2H3,(H,29,30). The van der Waals surface area contributed by atoms with Crippen LogP contribution in [-0.4, -0.2) is 35.6 Å². The molecule has 158 valence electrons. The second-order valence-electron chi connectivity index (χ2n) is 6.13. The SMILES string of the molecule is C=C(C(=O)O)c1cn(C)nc1-n1cnc(-c2cc(C(F)(F)F)cc(C(F)(F)F)c2)n1. The monoisotopic (exact) mass is 431 g/mol. The van der Waals surface area contributed by atoms with Crippen LogP contribution in [0, 0.1) is 0 Å². The number of hydrogen-bond donors (Lipinski definition) is 1. The van der Waals surface area contributed by atoms with Crippen LogP contribution in [0.2, 0.25) is 0 Å². The van der Waals surface area contributed by atoms with Crippen molar-refractivity contribution in [3.05, 3.63) is 54.0 Å². The average molecular weight is 431 g/mol. The lowest BCUT2D eigenvalue weighted by Crippen LogP contribution is -2.11. The van der Waals surface area contributed by atoms with Crippen LogP contribution in [0.25, 0.3) is 22.8 Å². The third kappa shape index (κ3) is 4.04. The summed E-state index contributed by atoms with van der Waals surface area (Å²) in [5.74, 6) is -1.85. The predicted molar refractivity (Wildman–Crippen MR) is 90.2 cm³/mol. The Kier molecular flexibility index (Phi) is 4.92. The van der Waals surface area contributed by atoms with Crippen LogP contribution in [0.1, 0.15) is 16.7 Å². The van der Waals surface area contributed by atoms with Gasteiger partial charge in [0.25, 0.3) is 0 Å². The topological polar surface area (TPSA) is 85.8 Å². The third-order valence-electron chi connectivity index (χ3n) is 3.95. The van der Waals surface area contributed by atoms with Gasteiger partial charge >= 0.3 is 18.3 Å². The molecule has 0 aliphatic rings. The first-order valence-electron chi connectivity index (χ1n) is 7.95. The Labute approximate surface area is 163 Å². The average Bonchev–Trinajstić information content (AvgIpc) is 3.25. The first-order chi connectivity index (χ1) is 13.8. The van der Waals surface area contributed by atoms with Gasteiger partial charge in [-0.1, -0.05) is 6.58 Å². The zero-order valence-corrected chi connectivity index (χ0v) is 15.0. The fourth-order valence-electron chi connectivity index (χ4n) is 2.56. The molecule has 1 N–H and O–H groups in total. The molecule has 0 amide bonds. The summed E-state index contributed by atoms with van der Waals surface area (Å²) >= 11 is 0. The maximum absolute atomic E-state index is 13.1. The smallest absolute Gasteiger partial charge is 0.416 e. The normalized spacial score (nSPS) is 12.2. The number of carboxylic acid groups (broad SMARTS) is 1. The number of rotatable bonds is 4. The summed E-state index contributed by atoms with van der Waals surface area (Å²) in [5, 5.41) is 17.0. The van der Waals surface area contributed by atoms with E-state index in [0.29, 0.717) is 12.1 Å². The number of halogens is 6. The lowest BCUT2D eigenvalue weighted by molar-refractivity contribution is -0.143. The van der Waals surface area contributed by atoms with Crippen molar-refractivity contribution in [3.8, 4) is 17.2 Å². The quantitative estimate of drug-likeness (QED) is 0.502. The summed E-state index contributed by atoms with van der Waals surface area (Å²) in [6.07, 6.45) is -7.74. The minimum absolute atomic E-state index is 0.00575. The number of hydrogen-bond acceptors (Lipinski definition) is 4. The molecule has 0 aliphatic heterocycles. The number of nitrogens with zero attached hydrogens (tertiary/aromatic N) is 5. The van der Waals surface area contributed by atoms with Crippen LogP contribution in [-0.2, 0) is 24.2 Å². The van der Waals surface area contributed by atoms with Gasteiger partial charge in [-0.25, -0.2) is 9.78 Å². The van der Waals surface area contributed by atoms with E-state index in [1.54, 1.807) is 0 Å². The fraction of sp³-hybridized carbons (Fsp3) is 0.176. The number of aliphatic carboxylic acids is 1. The van der Waals surface area contributed by atoms with E-state index in [1.165, 1.54) is 17.9 Å². The summed E-state index contributed by atoms with van der Waals surface area (Å²) in [4.78, 5) is 14.9. The van der Waals surface area contributed by atoms with Crippen molar-refractivity contribution in [2.75, 3.05) is 0 Å². The number of alkyl halides is 6. The molecule has 3 aromatic rings. The van der Waals surface area contributed by atoms with E-state index in [1.807, 2.05) is 0 Å². The van der Waals surface area contributed by atoms with Gasteiger partial charge in [0.05, 0.1) is 22.3 Å². The molecule has 0 bridgehead atoms. The maximum atomic E-state index is 13.1. The third-order valence-corrected chi connectivity index (χ3v) is 3.95. The zero-order chi connectivity index (χ0) is 22.4. The Hall–Kier alpha value is -3.64. The summed E-state index contributed by atoms with van der Waals surface area (Å²) in [7, 11) is 1.47. The summed E-state index contributed by atoms with van der Waals surface area (Å²) in [6, 6.07) is 0.975. The Bertz CT molecular complexity index is 1110. The Morgan fingerprint density at radius 1 is 1.03 bits per heavy atom. The molecule has 0 unspecified atom stereocenters. The molecule has 13 heteroatoms. The van der Waals surface area contributed by atoms with Crippen LogP contribution < -0.4 is 0 Å². The van der Waals surface area contributed by atoms with Gasteiger partial charge < -0.3 is 5.11 Å². The molecule has 30 heavy (non-hydrogen) atoms. The van der Waals surface area contributed by atoms with E-state index in [9.17, 15) is 31.1 Å². The molecular formula is C17H11F6N5O2. The van der Waals surface area contributed by atoms with Gasteiger partial charge in [0.1, 0.15) is 6.33 Å². The van der Waals surface area contributed by atoms with Crippen molar-refractivity contribution in [2.24, 2.45) is 7.05 Å². The molecule has 0 fully saturated rings. The van der Waals surface area contributed by atoms with Crippen LogP contribution in [0.15, 0.2) is 37.3 Å². The minimum Gasteiger partial charge on any atom is -0.478 e. The van der Waals surface area contributed by atoms with Gasteiger partial charge in [0, 0.05) is 18.8 Å². The first kappa shape index (κ1) is 21.1. The van der Waals surface area contributed by atoms with Gasteiger partial charge in [-0.15, -0.1) is 5.10 Å². The van der Waals surface area contributed by atoms with E-state index >= 15 is 0 Å². The van der Waals surface area contributed by atoms with Crippen molar-refractivity contribution >= 4 is 11.5 Å². The van der Waals surface area contributed by atoms with E-state index in [0.717, 1.165) is 11.0 Å². The van der Waals surface area contributed by atoms with Crippen molar-refractivity contribution in [3.63, 3.8) is 0 Å². The maximum Gasteiger partial charge on any atom is 0.416 e. The highest BCUT2D eigenvalue weighted by Crippen LogP contribution is 2.38. The second kappa shape index (κ2) is 7.00. The number of carboxylic acids is 1. The molecule has 3 rings (SSSR count). The molecule has 2 heterocycles. The van der Waals surface area contributed by atoms with Crippen molar-refractivity contribution < 1.29 is 36.2 Å². The Morgan fingerprint density at radius 3 is 2.10 bits per heavy atom. The number of benzene rings is 1. The Balaban J connectivity index is 2.12. The molecule has 1 aromatic carbocycles. The molecule has 0 radical (unpaired) electrons. The van der Waals surface area contributed by atoms with Crippen LogP contribution in [0.5, 0.6) is 0 Å². The second-order valence-corrected chi connectivity index (χ2v) is 6.13. The summed E-state index contributed by atoms with van der Waals surface area (Å²) in [5.41, 5.74) is -3.84. The first-order valence-corrected chi connectivity index (χ1v) is 7.95. The van der Waals surface area contributed by atoms with Crippen molar-refractivity contribution in [1.29, 1.82) is 0 Å². The van der Waals surface area contributed by atoms with Crippen LogP contribution in [0.4, 0.5) is 26.3 Å². The highest BCUT2D eigenvalue weighted by molar-refractivity contribution is 6.15. The highest BCUT2D eigenvalue weighted by atomic mass is 19.4. The van der Waals surface area contributed by atoms with Crippen molar-refractivity contribution in [1.82, 2.24) is 24.5 Å². The molecule has 0 spiro atoms. The van der Waals surface area contributed by atoms with Crippen LogP contribution >= 0.6 is 0 Å². The van der Waals surface area contributed by atoms with Gasteiger partial charge in [0.2, 0.25) is 0 Å². The summed E-state index contributed by atoms with van der Waals surface area (Å²) < 4.78 is 80.5. The lowest BCUT2D eigenvalue weighted by atomic mass is 10.0. The fourth-order valence-corrected chi connectivity index (χ4v) is 2.56. The Morgan fingerprint density at radius 2 is 1.60 bits per heavy atom. The van der Waals surface area contributed by atoms with E-state index in [-0.39, 0.29) is 23.0 Å². The van der Waals surface area contributed by atoms with Crippen molar-refractivity contribution in [2.45, 2.75) is 12.4 Å². The van der Waals surface area contributed by atoms with E-state index in [4.69, 9.17) is 5.11 Å². The van der Waals surface area contributed by atoms with Gasteiger partial charge in [-0.2, -0.15) is 36.1 Å². The van der Waals surface area contributed by atoms with Gasteiger partial charge in [-0.3, -0.25) is 4.68 Å². The van der Waals surface area contributed by atoms with Gasteiger partial charge in [-0.05, 0) is 18.2 Å². The van der Waals surface area contributed by atoms with E-state index < -0.39 is 40.8 Å². The predicted octanol–water partition coefficient (Wildman–Crippen LogP) is 3.80. The van der Waals surface area contributed by atoms with Gasteiger partial charge in [0.15, 0.2) is 11.6 Å². The van der Waals surface area contributed by atoms with Crippen LogP contribution in [0.3, 0.4) is 0 Å². The molecule has 0 aliphatic carbocycles.